The van der Waals surface area contributed by atoms with Crippen molar-refractivity contribution >= 4 is 32.4 Å². The fourth-order valence-corrected chi connectivity index (χ4v) is 5.31. The number of anilines is 1. The van der Waals surface area contributed by atoms with Gasteiger partial charge in [-0.3, -0.25) is 4.79 Å². The van der Waals surface area contributed by atoms with Crippen molar-refractivity contribution in [3.8, 4) is 5.75 Å². The molecule has 0 saturated carbocycles. The number of likely N-dealkylation sites (tertiary alicyclic amines) is 1. The number of carbonyl (C=O) groups excluding carboxylic acids is 1. The Balaban J connectivity index is 1.35. The normalized spacial score (nSPS) is 20.5. The maximum atomic E-state index is 14.3. The van der Waals surface area contributed by atoms with Gasteiger partial charge in [0.1, 0.15) is 0 Å². The molecular formula is C19H20F4N4O4S2. The van der Waals surface area contributed by atoms with E-state index < -0.39 is 33.8 Å². The summed E-state index contributed by atoms with van der Waals surface area (Å²) in [5.41, 5.74) is 0. The lowest BCUT2D eigenvalue weighted by molar-refractivity contribution is -0.144. The van der Waals surface area contributed by atoms with Crippen LogP contribution in [0.25, 0.3) is 0 Å². The second kappa shape index (κ2) is 8.70. The van der Waals surface area contributed by atoms with Crippen molar-refractivity contribution in [1.29, 1.82) is 0 Å². The van der Waals surface area contributed by atoms with Crippen LogP contribution in [0.4, 0.5) is 22.7 Å². The highest BCUT2D eigenvalue weighted by atomic mass is 32.2. The monoisotopic (exact) mass is 508 g/mol. The van der Waals surface area contributed by atoms with E-state index in [2.05, 4.69) is 9.36 Å². The Labute approximate surface area is 191 Å². The molecule has 8 nitrogen and oxygen atoms in total. The molecule has 1 atom stereocenters. The van der Waals surface area contributed by atoms with Crippen LogP contribution in [0.5, 0.6) is 5.75 Å². The minimum Gasteiger partial charge on any atom is -0.477 e. The number of ether oxygens (including phenoxy) is 1. The molecule has 0 radical (unpaired) electrons. The molecule has 2 aliphatic heterocycles. The van der Waals surface area contributed by atoms with Gasteiger partial charge in [0.05, 0.1) is 4.90 Å². The number of hydrogen-bond donors (Lipinski definition) is 0. The molecule has 0 bridgehead atoms. The SMILES string of the molecule is CS(=O)(=O)c1ccc(O[C@H]2CCN(C3CCN(c4nc(C(F)(F)F)ns4)CC3)C2=O)c(F)c1. The van der Waals surface area contributed by atoms with E-state index >= 15 is 0 Å². The number of nitrogens with zero attached hydrogens (tertiary/aromatic N) is 4. The maximum Gasteiger partial charge on any atom is 0.452 e. The smallest absolute Gasteiger partial charge is 0.452 e. The lowest BCUT2D eigenvalue weighted by atomic mass is 10.0. The van der Waals surface area contributed by atoms with Gasteiger partial charge in [0.25, 0.3) is 5.91 Å². The van der Waals surface area contributed by atoms with Gasteiger partial charge >= 0.3 is 6.18 Å². The average molecular weight is 509 g/mol. The molecule has 1 amide bonds. The minimum atomic E-state index is -4.59. The Hall–Kier alpha value is -2.48. The first kappa shape index (κ1) is 23.7. The summed E-state index contributed by atoms with van der Waals surface area (Å²) < 4.78 is 84.5. The van der Waals surface area contributed by atoms with Crippen molar-refractivity contribution in [2.24, 2.45) is 0 Å². The standard InChI is InChI=1S/C19H20F4N4O4S2/c1-33(29,30)12-2-3-14(13(20)10-12)31-15-6-9-27(16(15)28)11-4-7-26(8-5-11)18-24-17(25-32-18)19(21,22)23/h2-3,10-11,15H,4-9H2,1H3/t15-/m0/s1. The highest BCUT2D eigenvalue weighted by Crippen LogP contribution is 2.33. The van der Waals surface area contributed by atoms with Crippen LogP contribution in [0.15, 0.2) is 23.1 Å². The number of piperidine rings is 1. The molecular weight excluding hydrogens is 488 g/mol. The number of carbonyl (C=O) groups is 1. The van der Waals surface area contributed by atoms with Crippen LogP contribution in [-0.2, 0) is 20.8 Å². The molecule has 2 fully saturated rings. The molecule has 14 heteroatoms. The average Bonchev–Trinajstić information content (AvgIpc) is 3.37. The highest BCUT2D eigenvalue weighted by Gasteiger charge is 2.40. The number of aromatic nitrogens is 2. The number of sulfone groups is 1. The predicted octanol–water partition coefficient (Wildman–Crippen LogP) is 2.75. The summed E-state index contributed by atoms with van der Waals surface area (Å²) in [7, 11) is -3.57. The van der Waals surface area contributed by atoms with Crippen molar-refractivity contribution in [2.75, 3.05) is 30.8 Å². The summed E-state index contributed by atoms with van der Waals surface area (Å²) in [6.07, 6.45) is -3.09. The molecule has 3 heterocycles. The second-order valence-corrected chi connectivity index (χ2v) is 10.7. The van der Waals surface area contributed by atoms with Crippen LogP contribution in [-0.4, -0.2) is 66.6 Å². The van der Waals surface area contributed by atoms with Crippen LogP contribution in [0.2, 0.25) is 0 Å². The zero-order valence-corrected chi connectivity index (χ0v) is 19.0. The lowest BCUT2D eigenvalue weighted by Gasteiger charge is -2.36. The molecule has 0 aliphatic carbocycles. The highest BCUT2D eigenvalue weighted by molar-refractivity contribution is 7.90. The van der Waals surface area contributed by atoms with E-state index in [0.717, 1.165) is 12.3 Å². The van der Waals surface area contributed by atoms with Gasteiger partial charge in [-0.2, -0.15) is 22.5 Å². The van der Waals surface area contributed by atoms with E-state index in [0.29, 0.717) is 50.4 Å². The van der Waals surface area contributed by atoms with Gasteiger partial charge in [-0.15, -0.1) is 0 Å². The first-order chi connectivity index (χ1) is 15.4. The maximum absolute atomic E-state index is 14.3. The van der Waals surface area contributed by atoms with Crippen molar-refractivity contribution in [2.45, 2.75) is 42.5 Å². The van der Waals surface area contributed by atoms with E-state index in [1.807, 2.05) is 0 Å². The largest absolute Gasteiger partial charge is 0.477 e. The number of alkyl halides is 3. The van der Waals surface area contributed by atoms with E-state index in [9.17, 15) is 30.8 Å². The molecule has 2 aromatic rings. The van der Waals surface area contributed by atoms with E-state index in [4.69, 9.17) is 4.74 Å². The van der Waals surface area contributed by atoms with E-state index in [1.165, 1.54) is 12.1 Å². The number of halogens is 4. The second-order valence-electron chi connectivity index (χ2n) is 7.91. The minimum absolute atomic E-state index is 0.116. The van der Waals surface area contributed by atoms with Crippen LogP contribution >= 0.6 is 11.5 Å². The summed E-state index contributed by atoms with van der Waals surface area (Å²) in [6.45, 7) is 1.26. The van der Waals surface area contributed by atoms with Crippen LogP contribution in [0, 0.1) is 5.82 Å². The van der Waals surface area contributed by atoms with Crippen LogP contribution in [0.1, 0.15) is 25.1 Å². The Bertz CT molecular complexity index is 1150. The van der Waals surface area contributed by atoms with Crippen molar-refractivity contribution < 1.29 is 35.5 Å². The van der Waals surface area contributed by atoms with Crippen LogP contribution < -0.4 is 9.64 Å². The Morgan fingerprint density at radius 2 is 1.85 bits per heavy atom. The van der Waals surface area contributed by atoms with Gasteiger partial charge in [-0.1, -0.05) is 0 Å². The zero-order chi connectivity index (χ0) is 24.0. The number of hydrogen-bond acceptors (Lipinski definition) is 8. The fourth-order valence-electron chi connectivity index (χ4n) is 3.94. The van der Waals surface area contributed by atoms with E-state index in [1.54, 1.807) is 9.80 Å². The third kappa shape index (κ3) is 5.05. The molecule has 0 unspecified atom stereocenters. The van der Waals surface area contributed by atoms with Crippen molar-refractivity contribution in [3.63, 3.8) is 0 Å². The van der Waals surface area contributed by atoms with Gasteiger partial charge in [-0.05, 0) is 31.0 Å². The molecule has 0 N–H and O–H groups in total. The summed E-state index contributed by atoms with van der Waals surface area (Å²) in [4.78, 5) is 19.6. The number of benzene rings is 1. The topological polar surface area (TPSA) is 92.7 Å². The third-order valence-electron chi connectivity index (χ3n) is 5.64. The Morgan fingerprint density at radius 3 is 2.42 bits per heavy atom. The van der Waals surface area contributed by atoms with E-state index in [-0.39, 0.29) is 27.7 Å². The fraction of sp³-hybridized carbons (Fsp3) is 0.526. The first-order valence-electron chi connectivity index (χ1n) is 10.1. The van der Waals surface area contributed by atoms with Crippen LogP contribution in [0.3, 0.4) is 0 Å². The summed E-state index contributed by atoms with van der Waals surface area (Å²) in [6, 6.07) is 3.15. The van der Waals surface area contributed by atoms with Gasteiger partial charge < -0.3 is 14.5 Å². The summed E-state index contributed by atoms with van der Waals surface area (Å²) in [5.74, 6) is -2.52. The quantitative estimate of drug-likeness (QED) is 0.574. The van der Waals surface area contributed by atoms with Crippen molar-refractivity contribution in [1.82, 2.24) is 14.3 Å². The van der Waals surface area contributed by atoms with Crippen molar-refractivity contribution in [3.05, 3.63) is 29.8 Å². The molecule has 0 spiro atoms. The number of amides is 1. The Kier molecular flexibility index (Phi) is 6.24. The summed E-state index contributed by atoms with van der Waals surface area (Å²) in [5, 5.41) is 0.197. The number of rotatable bonds is 5. The molecule has 33 heavy (non-hydrogen) atoms. The molecule has 2 aliphatic rings. The zero-order valence-electron chi connectivity index (χ0n) is 17.4. The summed E-state index contributed by atoms with van der Waals surface area (Å²) >= 11 is 0.693. The Morgan fingerprint density at radius 1 is 1.15 bits per heavy atom. The molecule has 1 aromatic heterocycles. The molecule has 2 saturated heterocycles. The van der Waals surface area contributed by atoms with Gasteiger partial charge in [0.15, 0.2) is 27.5 Å². The van der Waals surface area contributed by atoms with Gasteiger partial charge in [0.2, 0.25) is 11.0 Å². The van der Waals surface area contributed by atoms with Gasteiger partial charge in [0, 0.05) is 49.9 Å². The molecule has 180 valence electrons. The predicted molar refractivity (Wildman–Crippen MR) is 110 cm³/mol. The first-order valence-corrected chi connectivity index (χ1v) is 12.7. The lowest BCUT2D eigenvalue weighted by Crippen LogP contribution is -2.47. The third-order valence-corrected chi connectivity index (χ3v) is 7.52. The molecule has 4 rings (SSSR count). The molecule has 1 aromatic carbocycles. The van der Waals surface area contributed by atoms with Gasteiger partial charge in [-0.25, -0.2) is 12.8 Å².